The first kappa shape index (κ1) is 5.64. The van der Waals surface area contributed by atoms with Crippen LogP contribution in [-0.4, -0.2) is 0 Å². The molecule has 0 saturated heterocycles. The number of rotatable bonds is 1. The van der Waals surface area contributed by atoms with Gasteiger partial charge in [0.2, 0.25) is 12.4 Å². The molecule has 1 rings (SSSR count). The van der Waals surface area contributed by atoms with E-state index in [1.165, 1.54) is 4.73 Å². The maximum Gasteiger partial charge on any atom is 0.224 e. The van der Waals surface area contributed by atoms with Gasteiger partial charge < -0.3 is 0 Å². The Morgan fingerprint density at radius 2 is 1.89 bits per heavy atom. The first-order valence-corrected chi connectivity index (χ1v) is 2.53. The van der Waals surface area contributed by atoms with Gasteiger partial charge in [0.25, 0.3) is 0 Å². The van der Waals surface area contributed by atoms with Crippen molar-refractivity contribution in [1.82, 2.24) is 0 Å². The largest absolute Gasteiger partial charge is 0.224 e. The third-order valence-corrected chi connectivity index (χ3v) is 0.846. The Kier molecular flexibility index (Phi) is 1.71. The molecule has 2 nitrogen and oxygen atoms in total. The van der Waals surface area contributed by atoms with E-state index < -0.39 is 0 Å². The molecule has 0 aliphatic heterocycles. The summed E-state index contributed by atoms with van der Waals surface area (Å²) in [6, 6.07) is 5.55. The van der Waals surface area contributed by atoms with Crippen molar-refractivity contribution in [3.63, 3.8) is 0 Å². The molecule has 0 aliphatic rings. The van der Waals surface area contributed by atoms with Crippen molar-refractivity contribution in [3.8, 4) is 12.5 Å². The molecular weight excluding hydrogens is 114 g/mol. The normalized spacial score (nSPS) is 7.89. The van der Waals surface area contributed by atoms with Crippen LogP contribution >= 0.6 is 0 Å². The van der Waals surface area contributed by atoms with Crippen molar-refractivity contribution in [2.45, 2.75) is 0 Å². The summed E-state index contributed by atoms with van der Waals surface area (Å²) in [6.45, 7) is 0. The van der Waals surface area contributed by atoms with Crippen LogP contribution < -0.4 is 9.57 Å². The number of hydrogen-bond acceptors (Lipinski definition) is 1. The Bertz CT molecular complexity index is 212. The predicted molar refractivity (Wildman–Crippen MR) is 32.0 cm³/mol. The van der Waals surface area contributed by atoms with Gasteiger partial charge in [0.15, 0.2) is 6.11 Å². The number of terminal acetylenes is 1. The molecule has 44 valence electrons. The van der Waals surface area contributed by atoms with E-state index in [0.717, 1.165) is 0 Å². The lowest BCUT2D eigenvalue weighted by atomic mass is 10.5. The molecule has 0 atom stereocenters. The van der Waals surface area contributed by atoms with E-state index in [-0.39, 0.29) is 0 Å². The molecule has 0 spiro atoms. The van der Waals surface area contributed by atoms with E-state index in [9.17, 15) is 0 Å². The summed E-state index contributed by atoms with van der Waals surface area (Å²) in [5.74, 6) is 0. The molecule has 0 fully saturated rings. The minimum Gasteiger partial charge on any atom is -0.177 e. The van der Waals surface area contributed by atoms with Crippen LogP contribution in [0.1, 0.15) is 0 Å². The van der Waals surface area contributed by atoms with Gasteiger partial charge >= 0.3 is 0 Å². The van der Waals surface area contributed by atoms with Crippen molar-refractivity contribution in [3.05, 3.63) is 30.6 Å². The standard InChI is InChI=1S/C7H6NO/c1-2-9-8-6-4-3-5-7-8/h1,3-7H/q+1. The summed E-state index contributed by atoms with van der Waals surface area (Å²) in [6.07, 6.45) is 10.4. The highest BCUT2D eigenvalue weighted by Crippen LogP contribution is 1.72. The maximum absolute atomic E-state index is 4.87. The molecule has 1 heterocycles. The van der Waals surface area contributed by atoms with Crippen LogP contribution in [0.3, 0.4) is 0 Å². The van der Waals surface area contributed by atoms with Gasteiger partial charge in [0.05, 0.1) is 0 Å². The Morgan fingerprint density at radius 1 is 1.22 bits per heavy atom. The maximum atomic E-state index is 4.87. The summed E-state index contributed by atoms with van der Waals surface area (Å²) in [5, 5.41) is 0. The van der Waals surface area contributed by atoms with Crippen LogP contribution in [0, 0.1) is 12.5 Å². The number of aromatic nitrogens is 1. The predicted octanol–water partition coefficient (Wildman–Crippen LogP) is -0.00660. The fraction of sp³-hybridized carbons (Fsp3) is 0. The fourth-order valence-electron chi connectivity index (χ4n) is 0.505. The van der Waals surface area contributed by atoms with Crippen molar-refractivity contribution >= 4 is 0 Å². The Hall–Kier alpha value is -1.49. The quantitative estimate of drug-likeness (QED) is 0.375. The molecule has 0 radical (unpaired) electrons. The average Bonchev–Trinajstić information content (AvgIpc) is 1.91. The average molecular weight is 120 g/mol. The Labute approximate surface area is 53.7 Å². The lowest BCUT2D eigenvalue weighted by Crippen LogP contribution is -2.38. The minimum absolute atomic E-state index is 1.44. The molecule has 0 N–H and O–H groups in total. The zero-order valence-corrected chi connectivity index (χ0v) is 4.82. The zero-order valence-electron chi connectivity index (χ0n) is 4.82. The SMILES string of the molecule is C#CO[n+]1ccccc1. The topological polar surface area (TPSA) is 13.1 Å². The van der Waals surface area contributed by atoms with Crippen molar-refractivity contribution in [1.29, 1.82) is 0 Å². The molecule has 0 saturated carbocycles. The van der Waals surface area contributed by atoms with Crippen LogP contribution in [0.15, 0.2) is 30.6 Å². The highest BCUT2D eigenvalue weighted by molar-refractivity contribution is 4.83. The summed E-state index contributed by atoms with van der Waals surface area (Å²) in [4.78, 5) is 4.65. The molecule has 0 aliphatic carbocycles. The molecule has 1 aromatic heterocycles. The van der Waals surface area contributed by atoms with Gasteiger partial charge in [-0.05, 0) is 0 Å². The molecule has 0 aromatic carbocycles. The van der Waals surface area contributed by atoms with Gasteiger partial charge in [-0.1, -0.05) is 12.5 Å². The van der Waals surface area contributed by atoms with Crippen LogP contribution in [-0.2, 0) is 0 Å². The third-order valence-electron chi connectivity index (χ3n) is 0.846. The van der Waals surface area contributed by atoms with Gasteiger partial charge in [-0.15, -0.1) is 0 Å². The summed E-state index contributed by atoms with van der Waals surface area (Å²) >= 11 is 0. The van der Waals surface area contributed by atoms with E-state index >= 15 is 0 Å². The van der Waals surface area contributed by atoms with Crippen molar-refractivity contribution < 1.29 is 9.57 Å². The van der Waals surface area contributed by atoms with Crippen LogP contribution in [0.4, 0.5) is 0 Å². The second-order valence-electron chi connectivity index (χ2n) is 1.44. The fourth-order valence-corrected chi connectivity index (χ4v) is 0.505. The molecule has 0 amide bonds. The Balaban J connectivity index is 2.76. The van der Waals surface area contributed by atoms with Crippen molar-refractivity contribution in [2.24, 2.45) is 0 Å². The highest BCUT2D eigenvalue weighted by atomic mass is 16.6. The van der Waals surface area contributed by atoms with Crippen LogP contribution in [0.5, 0.6) is 0 Å². The lowest BCUT2D eigenvalue weighted by Gasteiger charge is -1.82. The number of pyridine rings is 1. The molecule has 9 heavy (non-hydrogen) atoms. The second kappa shape index (κ2) is 2.73. The smallest absolute Gasteiger partial charge is 0.177 e. The highest BCUT2D eigenvalue weighted by Gasteiger charge is 1.91. The van der Waals surface area contributed by atoms with E-state index in [2.05, 4.69) is 4.84 Å². The molecular formula is C7H6NO+. The Morgan fingerprint density at radius 3 is 2.44 bits per heavy atom. The molecule has 2 heteroatoms. The summed E-state index contributed by atoms with van der Waals surface area (Å²) < 4.78 is 1.44. The van der Waals surface area contributed by atoms with Gasteiger partial charge in [0.1, 0.15) is 0 Å². The molecule has 0 bridgehead atoms. The number of hydrogen-bond donors (Lipinski definition) is 0. The lowest BCUT2D eigenvalue weighted by molar-refractivity contribution is -0.872. The van der Waals surface area contributed by atoms with E-state index in [4.69, 9.17) is 6.42 Å². The first-order valence-electron chi connectivity index (χ1n) is 2.53. The van der Waals surface area contributed by atoms with Crippen molar-refractivity contribution in [2.75, 3.05) is 0 Å². The summed E-state index contributed by atoms with van der Waals surface area (Å²) in [7, 11) is 0. The monoisotopic (exact) mass is 120 g/mol. The zero-order chi connectivity index (χ0) is 6.53. The van der Waals surface area contributed by atoms with Crippen LogP contribution in [0.25, 0.3) is 0 Å². The molecule has 1 aromatic rings. The third kappa shape index (κ3) is 1.46. The van der Waals surface area contributed by atoms with E-state index in [1.807, 2.05) is 24.3 Å². The van der Waals surface area contributed by atoms with Gasteiger partial charge in [0, 0.05) is 16.9 Å². The first-order chi connectivity index (χ1) is 4.43. The van der Waals surface area contributed by atoms with E-state index in [0.29, 0.717) is 0 Å². The second-order valence-corrected chi connectivity index (χ2v) is 1.44. The van der Waals surface area contributed by atoms with Gasteiger partial charge in [-0.2, -0.15) is 4.84 Å². The van der Waals surface area contributed by atoms with Gasteiger partial charge in [-0.25, -0.2) is 0 Å². The van der Waals surface area contributed by atoms with E-state index in [1.54, 1.807) is 12.4 Å². The number of nitrogens with zero attached hydrogens (tertiary/aromatic N) is 1. The van der Waals surface area contributed by atoms with Gasteiger partial charge in [-0.3, -0.25) is 0 Å². The minimum atomic E-state index is 1.44. The van der Waals surface area contributed by atoms with Crippen LogP contribution in [0.2, 0.25) is 0 Å². The summed E-state index contributed by atoms with van der Waals surface area (Å²) in [5.41, 5.74) is 0. The molecule has 0 unspecified atom stereocenters.